The Morgan fingerprint density at radius 2 is 1.79 bits per heavy atom. The number of carbonyl (C=O) groups excluding carboxylic acids is 4. The molecule has 1 aliphatic carbocycles. The molecule has 0 unspecified atom stereocenters. The molecule has 150 valence electrons. The van der Waals surface area contributed by atoms with Crippen molar-refractivity contribution in [1.29, 1.82) is 0 Å². The van der Waals surface area contributed by atoms with Crippen LogP contribution in [0.2, 0.25) is 0 Å². The van der Waals surface area contributed by atoms with E-state index in [2.05, 4.69) is 10.9 Å². The summed E-state index contributed by atoms with van der Waals surface area (Å²) in [5, 5.41) is 0. The first-order valence-electron chi connectivity index (χ1n) is 9.66. The molecule has 2 N–H and O–H groups in total. The molecule has 0 fully saturated rings. The van der Waals surface area contributed by atoms with Crippen LogP contribution in [0.5, 0.6) is 0 Å². The van der Waals surface area contributed by atoms with Crippen LogP contribution in [0.4, 0.5) is 0 Å². The molecule has 0 saturated carbocycles. The Bertz CT molecular complexity index is 974. The van der Waals surface area contributed by atoms with Crippen molar-refractivity contribution in [1.82, 2.24) is 15.8 Å². The molecule has 0 bridgehead atoms. The second-order valence-electron chi connectivity index (χ2n) is 7.24. The first kappa shape index (κ1) is 19.3. The van der Waals surface area contributed by atoms with E-state index >= 15 is 0 Å². The average molecular weight is 411 g/mol. The smallest absolute Gasteiger partial charge is 0.274 e. The van der Waals surface area contributed by atoms with E-state index < -0.39 is 30.2 Å². The van der Waals surface area contributed by atoms with Crippen molar-refractivity contribution >= 4 is 35.0 Å². The maximum atomic E-state index is 12.5. The van der Waals surface area contributed by atoms with Gasteiger partial charge in [0, 0.05) is 10.4 Å². The Kier molecular flexibility index (Phi) is 5.44. The van der Waals surface area contributed by atoms with Crippen molar-refractivity contribution < 1.29 is 19.2 Å². The van der Waals surface area contributed by atoms with E-state index in [4.69, 9.17) is 0 Å². The summed E-state index contributed by atoms with van der Waals surface area (Å²) in [5.41, 5.74) is 6.99. The van der Waals surface area contributed by atoms with Crippen LogP contribution in [-0.4, -0.2) is 35.1 Å². The predicted molar refractivity (Wildman–Crippen MR) is 107 cm³/mol. The molecule has 4 amide bonds. The summed E-state index contributed by atoms with van der Waals surface area (Å²) in [7, 11) is 0. The van der Waals surface area contributed by atoms with Gasteiger partial charge in [0.2, 0.25) is 5.91 Å². The Hall–Kier alpha value is -3.00. The molecule has 7 nitrogen and oxygen atoms in total. The van der Waals surface area contributed by atoms with E-state index in [0.29, 0.717) is 16.0 Å². The molecule has 0 spiro atoms. The van der Waals surface area contributed by atoms with Crippen LogP contribution in [0.1, 0.15) is 55.3 Å². The molecule has 2 aromatic rings. The van der Waals surface area contributed by atoms with Crippen molar-refractivity contribution in [3.8, 4) is 0 Å². The highest BCUT2D eigenvalue weighted by Gasteiger charge is 2.32. The number of carbonyl (C=O) groups is 4. The zero-order valence-electron chi connectivity index (χ0n) is 15.8. The van der Waals surface area contributed by atoms with E-state index in [9.17, 15) is 19.2 Å². The standard InChI is InChI=1S/C21H21N3O4S/c25-18(12-24-19(26)11-13-6-4-5-8-15(13)21(24)28)22-23-20(27)17-10-14-7-2-1-3-9-16(14)29-17/h4-6,8,10H,1-3,7,9,11-12H2,(H,22,25)(H,23,27). The monoisotopic (exact) mass is 411 g/mol. The van der Waals surface area contributed by atoms with Gasteiger partial charge in [-0.2, -0.15) is 0 Å². The molecule has 2 aliphatic rings. The summed E-state index contributed by atoms with van der Waals surface area (Å²) >= 11 is 1.46. The fourth-order valence-corrected chi connectivity index (χ4v) is 4.86. The SMILES string of the molecule is O=C(CN1C(=O)Cc2ccccc2C1=O)NNC(=O)c1cc2c(s1)CCCCC2. The quantitative estimate of drug-likeness (QED) is 0.459. The summed E-state index contributed by atoms with van der Waals surface area (Å²) in [4.78, 5) is 52.0. The molecule has 0 saturated heterocycles. The van der Waals surface area contributed by atoms with Crippen LogP contribution in [0, 0.1) is 0 Å². The molecule has 4 rings (SSSR count). The molecule has 2 heterocycles. The lowest BCUT2D eigenvalue weighted by Crippen LogP contribution is -2.51. The molecular weight excluding hydrogens is 390 g/mol. The summed E-state index contributed by atoms with van der Waals surface area (Å²) in [6, 6.07) is 8.74. The van der Waals surface area contributed by atoms with Crippen molar-refractivity contribution in [3.63, 3.8) is 0 Å². The Labute approximate surface area is 172 Å². The fraction of sp³-hybridized carbons (Fsp3) is 0.333. The van der Waals surface area contributed by atoms with Gasteiger partial charge in [0.15, 0.2) is 0 Å². The van der Waals surface area contributed by atoms with Crippen LogP contribution >= 0.6 is 11.3 Å². The van der Waals surface area contributed by atoms with Crippen molar-refractivity contribution in [3.05, 3.63) is 56.8 Å². The maximum Gasteiger partial charge on any atom is 0.279 e. The molecule has 1 aliphatic heterocycles. The van der Waals surface area contributed by atoms with Crippen molar-refractivity contribution in [2.24, 2.45) is 0 Å². The van der Waals surface area contributed by atoms with Gasteiger partial charge in [-0.15, -0.1) is 11.3 Å². The van der Waals surface area contributed by atoms with Crippen molar-refractivity contribution in [2.45, 2.75) is 38.5 Å². The predicted octanol–water partition coefficient (Wildman–Crippen LogP) is 2.00. The van der Waals surface area contributed by atoms with E-state index in [1.165, 1.54) is 28.2 Å². The molecule has 29 heavy (non-hydrogen) atoms. The van der Waals surface area contributed by atoms with Gasteiger partial charge in [0.25, 0.3) is 17.7 Å². The number of benzene rings is 1. The van der Waals surface area contributed by atoms with Gasteiger partial charge in [-0.25, -0.2) is 0 Å². The van der Waals surface area contributed by atoms with Crippen LogP contribution in [0.25, 0.3) is 0 Å². The number of hydrazine groups is 1. The fourth-order valence-electron chi connectivity index (χ4n) is 3.71. The molecule has 0 atom stereocenters. The third kappa shape index (κ3) is 4.07. The van der Waals surface area contributed by atoms with Crippen molar-refractivity contribution in [2.75, 3.05) is 6.54 Å². The number of aryl methyl sites for hydroxylation is 2. The van der Waals surface area contributed by atoms with Gasteiger partial charge < -0.3 is 0 Å². The summed E-state index contributed by atoms with van der Waals surface area (Å²) in [6.45, 7) is -0.437. The van der Waals surface area contributed by atoms with Gasteiger partial charge in [-0.1, -0.05) is 24.6 Å². The van der Waals surface area contributed by atoms with Gasteiger partial charge in [-0.3, -0.25) is 34.9 Å². The second kappa shape index (κ2) is 8.16. The Balaban J connectivity index is 1.35. The minimum absolute atomic E-state index is 0.0717. The lowest BCUT2D eigenvalue weighted by Gasteiger charge is -2.26. The largest absolute Gasteiger partial charge is 0.279 e. The molecule has 1 aromatic carbocycles. The molecule has 0 radical (unpaired) electrons. The number of amides is 4. The van der Waals surface area contributed by atoms with Crippen LogP contribution < -0.4 is 10.9 Å². The third-order valence-corrected chi connectivity index (χ3v) is 6.46. The highest BCUT2D eigenvalue weighted by molar-refractivity contribution is 7.14. The number of thiophene rings is 1. The number of imide groups is 1. The number of rotatable bonds is 3. The number of hydrogen-bond donors (Lipinski definition) is 2. The van der Waals surface area contributed by atoms with Gasteiger partial charge in [0.05, 0.1) is 11.3 Å². The number of nitrogens with zero attached hydrogens (tertiary/aromatic N) is 1. The topological polar surface area (TPSA) is 95.6 Å². The number of fused-ring (bicyclic) bond motifs is 2. The van der Waals surface area contributed by atoms with Gasteiger partial charge in [0.1, 0.15) is 6.54 Å². The zero-order valence-corrected chi connectivity index (χ0v) is 16.6. The number of nitrogens with one attached hydrogen (secondary N) is 2. The maximum absolute atomic E-state index is 12.5. The lowest BCUT2D eigenvalue weighted by atomic mass is 9.98. The highest BCUT2D eigenvalue weighted by Crippen LogP contribution is 2.28. The minimum Gasteiger partial charge on any atom is -0.274 e. The molecule has 1 aromatic heterocycles. The summed E-state index contributed by atoms with van der Waals surface area (Å²) in [6.07, 6.45) is 5.50. The highest BCUT2D eigenvalue weighted by atomic mass is 32.1. The summed E-state index contributed by atoms with van der Waals surface area (Å²) < 4.78 is 0. The lowest BCUT2D eigenvalue weighted by molar-refractivity contribution is -0.133. The van der Waals surface area contributed by atoms with E-state index in [-0.39, 0.29) is 6.42 Å². The molecular formula is C21H21N3O4S. The van der Waals surface area contributed by atoms with Gasteiger partial charge in [-0.05, 0) is 48.9 Å². The first-order valence-corrected chi connectivity index (χ1v) is 10.5. The van der Waals surface area contributed by atoms with Crippen LogP contribution in [0.15, 0.2) is 30.3 Å². The zero-order chi connectivity index (χ0) is 20.4. The first-order chi connectivity index (χ1) is 14.0. The third-order valence-electron chi connectivity index (χ3n) is 5.22. The second-order valence-corrected chi connectivity index (χ2v) is 8.38. The number of hydrogen-bond acceptors (Lipinski definition) is 5. The van der Waals surface area contributed by atoms with Crippen LogP contribution in [-0.2, 0) is 28.9 Å². The summed E-state index contributed by atoms with van der Waals surface area (Å²) in [5.74, 6) is -1.95. The van der Waals surface area contributed by atoms with E-state index in [1.54, 1.807) is 24.3 Å². The van der Waals surface area contributed by atoms with E-state index in [0.717, 1.165) is 30.6 Å². The minimum atomic E-state index is -0.627. The molecule has 8 heteroatoms. The van der Waals surface area contributed by atoms with Gasteiger partial charge >= 0.3 is 0 Å². The normalized spacial score (nSPS) is 15.9. The Morgan fingerprint density at radius 3 is 2.66 bits per heavy atom. The van der Waals surface area contributed by atoms with Crippen LogP contribution in [0.3, 0.4) is 0 Å². The average Bonchev–Trinajstić information content (AvgIpc) is 3.00. The van der Waals surface area contributed by atoms with E-state index in [1.807, 2.05) is 6.07 Å². The Morgan fingerprint density at radius 1 is 1.00 bits per heavy atom.